The smallest absolute Gasteiger partial charge is 0.408 e. The number of alkyl carbamates (subject to hydrolysis) is 1. The van der Waals surface area contributed by atoms with E-state index in [1.54, 1.807) is 39.0 Å². The van der Waals surface area contributed by atoms with E-state index >= 15 is 0 Å². The Labute approximate surface area is 208 Å². The van der Waals surface area contributed by atoms with Gasteiger partial charge in [-0.1, -0.05) is 0 Å². The molecule has 1 fully saturated rings. The van der Waals surface area contributed by atoms with E-state index in [1.807, 2.05) is 4.57 Å². The lowest BCUT2D eigenvalue weighted by atomic mass is 10.1. The van der Waals surface area contributed by atoms with Crippen LogP contribution in [0, 0.1) is 0 Å². The maximum Gasteiger partial charge on any atom is 0.408 e. The second-order valence-corrected chi connectivity index (χ2v) is 9.30. The highest BCUT2D eigenvalue weighted by atomic mass is 16.6. The summed E-state index contributed by atoms with van der Waals surface area (Å²) < 4.78 is 22.2. The van der Waals surface area contributed by atoms with Gasteiger partial charge in [0.05, 0.1) is 50.0 Å². The van der Waals surface area contributed by atoms with Crippen LogP contribution in [0.15, 0.2) is 18.2 Å². The van der Waals surface area contributed by atoms with Gasteiger partial charge in [0.2, 0.25) is 5.91 Å². The molecule has 1 atom stereocenters. The first-order valence-electron chi connectivity index (χ1n) is 11.5. The number of methoxy groups -OCH3 is 2. The van der Waals surface area contributed by atoms with Crippen molar-refractivity contribution in [3.05, 3.63) is 29.6 Å². The predicted octanol–water partition coefficient (Wildman–Crippen LogP) is 1.64. The molecule has 2 heterocycles. The summed E-state index contributed by atoms with van der Waals surface area (Å²) in [6.07, 6.45) is 0.0700. The maximum atomic E-state index is 13.0. The third-order valence-corrected chi connectivity index (χ3v) is 5.44. The van der Waals surface area contributed by atoms with Gasteiger partial charge in [0.15, 0.2) is 0 Å². The molecule has 1 aliphatic rings. The Bertz CT molecular complexity index is 1130. The van der Waals surface area contributed by atoms with Crippen LogP contribution in [0.4, 0.5) is 4.79 Å². The van der Waals surface area contributed by atoms with Crippen molar-refractivity contribution < 1.29 is 38.1 Å². The van der Waals surface area contributed by atoms with Gasteiger partial charge in [-0.15, -0.1) is 0 Å². The fourth-order valence-corrected chi connectivity index (χ4v) is 3.57. The fraction of sp³-hybridized carbons (Fsp3) is 0.542. The molecule has 0 radical (unpaired) electrons. The number of imidazole rings is 1. The molecule has 0 saturated carbocycles. The molecule has 1 N–H and O–H groups in total. The lowest BCUT2D eigenvalue weighted by Crippen LogP contribution is -2.44. The number of rotatable bonds is 9. The van der Waals surface area contributed by atoms with Gasteiger partial charge in [-0.05, 0) is 45.4 Å². The first kappa shape index (κ1) is 26.9. The average Bonchev–Trinajstić information content (AvgIpc) is 3.13. The highest BCUT2D eigenvalue weighted by Crippen LogP contribution is 2.23. The molecule has 2 aromatic rings. The summed E-state index contributed by atoms with van der Waals surface area (Å²) in [4.78, 5) is 55.0. The summed E-state index contributed by atoms with van der Waals surface area (Å²) >= 11 is 0. The number of hydrogen-bond acceptors (Lipinski definition) is 9. The van der Waals surface area contributed by atoms with E-state index in [0.717, 1.165) is 6.42 Å². The molecular formula is C24H32N4O8. The number of carbonyl (C=O) groups is 4. The molecule has 1 aliphatic heterocycles. The van der Waals surface area contributed by atoms with E-state index in [1.165, 1.54) is 19.1 Å². The Morgan fingerprint density at radius 1 is 1.19 bits per heavy atom. The lowest BCUT2D eigenvalue weighted by Gasteiger charge is -2.28. The summed E-state index contributed by atoms with van der Waals surface area (Å²) in [5, 5.41) is 2.41. The van der Waals surface area contributed by atoms with Crippen LogP contribution in [0.25, 0.3) is 11.0 Å². The number of fused-ring (bicyclic) bond motifs is 1. The summed E-state index contributed by atoms with van der Waals surface area (Å²) in [5.41, 5.74) is 0.905. The average molecular weight is 505 g/mol. The molecule has 0 aliphatic carbocycles. The number of nitrogens with one attached hydrogen (secondary N) is 1. The summed E-state index contributed by atoms with van der Waals surface area (Å²) in [6.45, 7) is 5.46. The number of ether oxygens (including phenoxy) is 4. The zero-order valence-electron chi connectivity index (χ0n) is 21.2. The van der Waals surface area contributed by atoms with Crippen LogP contribution < -0.4 is 5.32 Å². The largest absolute Gasteiger partial charge is 0.468 e. The Hall–Kier alpha value is -3.67. The van der Waals surface area contributed by atoms with Crippen LogP contribution in [-0.4, -0.2) is 84.0 Å². The number of nitrogens with zero attached hydrogens (tertiary/aromatic N) is 3. The van der Waals surface area contributed by atoms with Crippen LogP contribution in [0.2, 0.25) is 0 Å². The number of aromatic nitrogens is 2. The van der Waals surface area contributed by atoms with Crippen molar-refractivity contribution in [1.82, 2.24) is 19.8 Å². The summed E-state index contributed by atoms with van der Waals surface area (Å²) in [6, 6.07) is 4.98. The quantitative estimate of drug-likeness (QED) is 0.399. The van der Waals surface area contributed by atoms with Crippen molar-refractivity contribution in [2.45, 2.75) is 52.0 Å². The third kappa shape index (κ3) is 6.94. The van der Waals surface area contributed by atoms with Crippen LogP contribution >= 0.6 is 0 Å². The van der Waals surface area contributed by atoms with E-state index in [-0.39, 0.29) is 25.7 Å². The number of benzene rings is 1. The molecule has 196 valence electrons. The minimum Gasteiger partial charge on any atom is -0.468 e. The van der Waals surface area contributed by atoms with E-state index < -0.39 is 29.5 Å². The van der Waals surface area contributed by atoms with Crippen LogP contribution in [0.3, 0.4) is 0 Å². The standard InChI is InChI=1S/C24H32N4O8/c1-24(2,3)36-23(32)25-11-20(29)27(14-21(30)33-4)13-19-26-17-7-6-15(22(31)34-5)10-18(17)28(19)12-16-8-9-35-16/h6-7,10,16H,8-9,11-14H2,1-5H3,(H,25,32). The van der Waals surface area contributed by atoms with Crippen molar-refractivity contribution in [1.29, 1.82) is 0 Å². The molecule has 36 heavy (non-hydrogen) atoms. The fourth-order valence-electron chi connectivity index (χ4n) is 3.57. The number of carbonyl (C=O) groups excluding carboxylic acids is 4. The van der Waals surface area contributed by atoms with Crippen molar-refractivity contribution in [2.75, 3.05) is 33.9 Å². The third-order valence-electron chi connectivity index (χ3n) is 5.44. The van der Waals surface area contributed by atoms with Gasteiger partial charge >= 0.3 is 18.0 Å². The van der Waals surface area contributed by atoms with Gasteiger partial charge in [0.25, 0.3) is 0 Å². The molecule has 0 spiro atoms. The van der Waals surface area contributed by atoms with Gasteiger partial charge in [0.1, 0.15) is 24.5 Å². The number of esters is 2. The van der Waals surface area contributed by atoms with Crippen molar-refractivity contribution in [3.8, 4) is 0 Å². The van der Waals surface area contributed by atoms with Gasteiger partial charge in [-0.25, -0.2) is 14.6 Å². The van der Waals surface area contributed by atoms with E-state index in [0.29, 0.717) is 35.6 Å². The Kier molecular flexibility index (Phi) is 8.51. The molecule has 1 saturated heterocycles. The predicted molar refractivity (Wildman–Crippen MR) is 127 cm³/mol. The highest BCUT2D eigenvalue weighted by molar-refractivity contribution is 5.93. The zero-order chi connectivity index (χ0) is 26.5. The maximum absolute atomic E-state index is 13.0. The van der Waals surface area contributed by atoms with Gasteiger partial charge < -0.3 is 33.7 Å². The van der Waals surface area contributed by atoms with Gasteiger partial charge in [0, 0.05) is 6.61 Å². The Morgan fingerprint density at radius 3 is 2.50 bits per heavy atom. The summed E-state index contributed by atoms with van der Waals surface area (Å²) in [5.74, 6) is -1.16. The topological polar surface area (TPSA) is 138 Å². The molecule has 0 bridgehead atoms. The molecule has 12 nitrogen and oxygen atoms in total. The second kappa shape index (κ2) is 11.4. The molecular weight excluding hydrogens is 472 g/mol. The van der Waals surface area contributed by atoms with E-state index in [4.69, 9.17) is 18.9 Å². The second-order valence-electron chi connectivity index (χ2n) is 9.30. The summed E-state index contributed by atoms with van der Waals surface area (Å²) in [7, 11) is 2.53. The lowest BCUT2D eigenvalue weighted by molar-refractivity contribution is -0.147. The van der Waals surface area contributed by atoms with Crippen molar-refractivity contribution >= 4 is 35.0 Å². The zero-order valence-corrected chi connectivity index (χ0v) is 21.2. The van der Waals surface area contributed by atoms with Gasteiger partial charge in [-0.2, -0.15) is 0 Å². The molecule has 1 aromatic heterocycles. The van der Waals surface area contributed by atoms with Crippen LogP contribution in [0.1, 0.15) is 43.4 Å². The van der Waals surface area contributed by atoms with Crippen LogP contribution in [0.5, 0.6) is 0 Å². The van der Waals surface area contributed by atoms with Gasteiger partial charge in [-0.3, -0.25) is 9.59 Å². The monoisotopic (exact) mass is 504 g/mol. The number of hydrogen-bond donors (Lipinski definition) is 1. The van der Waals surface area contributed by atoms with Crippen molar-refractivity contribution in [2.24, 2.45) is 0 Å². The highest BCUT2D eigenvalue weighted by Gasteiger charge is 2.26. The van der Waals surface area contributed by atoms with E-state index in [9.17, 15) is 19.2 Å². The minimum absolute atomic E-state index is 0.0403. The first-order chi connectivity index (χ1) is 17.0. The molecule has 2 amide bonds. The van der Waals surface area contributed by atoms with Crippen molar-refractivity contribution in [3.63, 3.8) is 0 Å². The molecule has 1 aromatic carbocycles. The first-order valence-corrected chi connectivity index (χ1v) is 11.5. The molecule has 12 heteroatoms. The SMILES string of the molecule is COC(=O)CN(Cc1nc2ccc(C(=O)OC)cc2n1CC1CCO1)C(=O)CNC(=O)OC(C)(C)C. The Morgan fingerprint density at radius 2 is 1.92 bits per heavy atom. The minimum atomic E-state index is -0.751. The van der Waals surface area contributed by atoms with E-state index in [2.05, 4.69) is 10.3 Å². The normalized spacial score (nSPS) is 15.1. The Balaban J connectivity index is 1.88. The number of amides is 2. The molecule has 1 unspecified atom stereocenters. The molecule has 3 rings (SSSR count). The van der Waals surface area contributed by atoms with Crippen LogP contribution in [-0.2, 0) is 41.6 Å².